The van der Waals surface area contributed by atoms with Crippen LogP contribution in [-0.4, -0.2) is 21.0 Å². The van der Waals surface area contributed by atoms with Crippen LogP contribution in [0.5, 0.6) is 0 Å². The van der Waals surface area contributed by atoms with E-state index in [1.165, 1.54) is 6.20 Å². The number of fused-ring (bicyclic) bond motifs is 1. The maximum absolute atomic E-state index is 11.7. The number of carboxylic acids is 1. The Morgan fingerprint density at radius 1 is 1.47 bits per heavy atom. The molecule has 5 heteroatoms. The highest BCUT2D eigenvalue weighted by Crippen LogP contribution is 2.06. The van der Waals surface area contributed by atoms with Crippen molar-refractivity contribution in [3.63, 3.8) is 0 Å². The van der Waals surface area contributed by atoms with Gasteiger partial charge in [0, 0.05) is 11.9 Å². The lowest BCUT2D eigenvalue weighted by atomic mass is 10.2. The molecule has 76 valence electrons. The molecule has 0 spiro atoms. The van der Waals surface area contributed by atoms with Crippen LogP contribution < -0.4 is 5.43 Å². The summed E-state index contributed by atoms with van der Waals surface area (Å²) in [7, 11) is 0. The largest absolute Gasteiger partial charge is 0.477 e. The second kappa shape index (κ2) is 3.20. The van der Waals surface area contributed by atoms with Crippen molar-refractivity contribution in [2.75, 3.05) is 0 Å². The fourth-order valence-electron chi connectivity index (χ4n) is 1.35. The molecule has 0 saturated heterocycles. The topological polar surface area (TPSA) is 83.0 Å². The quantitative estimate of drug-likeness (QED) is 0.723. The zero-order valence-electron chi connectivity index (χ0n) is 7.94. The molecule has 2 aromatic rings. The highest BCUT2D eigenvalue weighted by atomic mass is 16.4. The molecular formula is C10H8N2O3. The van der Waals surface area contributed by atoms with Crippen molar-refractivity contribution in [3.8, 4) is 0 Å². The van der Waals surface area contributed by atoms with Gasteiger partial charge in [-0.25, -0.2) is 9.78 Å². The molecule has 0 fully saturated rings. The van der Waals surface area contributed by atoms with Gasteiger partial charge in [0.2, 0.25) is 5.43 Å². The van der Waals surface area contributed by atoms with Gasteiger partial charge >= 0.3 is 5.97 Å². The van der Waals surface area contributed by atoms with Crippen molar-refractivity contribution in [1.82, 2.24) is 9.97 Å². The number of aromatic amines is 1. The van der Waals surface area contributed by atoms with Gasteiger partial charge in [0.1, 0.15) is 11.1 Å². The number of rotatable bonds is 1. The number of pyridine rings is 2. The monoisotopic (exact) mass is 204 g/mol. The molecule has 0 aliphatic rings. The molecule has 0 aliphatic heterocycles. The number of H-pyrrole nitrogens is 1. The number of aromatic nitrogens is 2. The smallest absolute Gasteiger partial charge is 0.341 e. The summed E-state index contributed by atoms with van der Waals surface area (Å²) >= 11 is 0. The van der Waals surface area contributed by atoms with Crippen LogP contribution >= 0.6 is 0 Å². The summed E-state index contributed by atoms with van der Waals surface area (Å²) in [4.78, 5) is 29.1. The first kappa shape index (κ1) is 9.39. The fourth-order valence-corrected chi connectivity index (χ4v) is 1.35. The van der Waals surface area contributed by atoms with Crippen LogP contribution in [-0.2, 0) is 0 Å². The van der Waals surface area contributed by atoms with Gasteiger partial charge in [-0.2, -0.15) is 0 Å². The highest BCUT2D eigenvalue weighted by Gasteiger charge is 2.11. The Morgan fingerprint density at radius 2 is 2.20 bits per heavy atom. The van der Waals surface area contributed by atoms with Crippen LogP contribution in [0.3, 0.4) is 0 Å². The van der Waals surface area contributed by atoms with Crippen LogP contribution in [0.2, 0.25) is 0 Å². The van der Waals surface area contributed by atoms with Crippen LogP contribution in [0.15, 0.2) is 23.1 Å². The molecule has 2 heterocycles. The number of carboxylic acid groups (broad SMARTS) is 1. The van der Waals surface area contributed by atoms with Gasteiger partial charge in [-0.15, -0.1) is 0 Å². The normalized spacial score (nSPS) is 10.5. The molecule has 5 nitrogen and oxygen atoms in total. The van der Waals surface area contributed by atoms with Crippen molar-refractivity contribution in [2.45, 2.75) is 6.92 Å². The molecule has 0 atom stereocenters. The van der Waals surface area contributed by atoms with E-state index < -0.39 is 11.4 Å². The van der Waals surface area contributed by atoms with Gasteiger partial charge in [0.05, 0.1) is 5.52 Å². The Labute approximate surface area is 84.4 Å². The van der Waals surface area contributed by atoms with Gasteiger partial charge < -0.3 is 10.1 Å². The molecule has 0 unspecified atom stereocenters. The average Bonchev–Trinajstić information content (AvgIpc) is 2.19. The van der Waals surface area contributed by atoms with Crippen LogP contribution in [0.4, 0.5) is 0 Å². The van der Waals surface area contributed by atoms with Crippen molar-refractivity contribution in [1.29, 1.82) is 0 Å². The molecule has 0 radical (unpaired) electrons. The van der Waals surface area contributed by atoms with E-state index in [0.717, 1.165) is 0 Å². The van der Waals surface area contributed by atoms with Crippen molar-refractivity contribution >= 4 is 17.0 Å². The van der Waals surface area contributed by atoms with E-state index >= 15 is 0 Å². The minimum absolute atomic E-state index is 0.162. The summed E-state index contributed by atoms with van der Waals surface area (Å²) in [6.45, 7) is 1.74. The van der Waals surface area contributed by atoms with E-state index in [9.17, 15) is 9.59 Å². The summed E-state index contributed by atoms with van der Waals surface area (Å²) in [5.74, 6) is -1.25. The van der Waals surface area contributed by atoms with Crippen molar-refractivity contribution in [3.05, 3.63) is 39.8 Å². The third-order valence-corrected chi connectivity index (χ3v) is 2.10. The third kappa shape index (κ3) is 1.48. The SMILES string of the molecule is Cc1ccc2[nH]cc(C(=O)O)c(=O)c2n1. The van der Waals surface area contributed by atoms with E-state index in [1.54, 1.807) is 19.1 Å². The van der Waals surface area contributed by atoms with Crippen molar-refractivity contribution in [2.24, 2.45) is 0 Å². The van der Waals surface area contributed by atoms with E-state index in [0.29, 0.717) is 11.2 Å². The average molecular weight is 204 g/mol. The van der Waals surface area contributed by atoms with Gasteiger partial charge in [0.25, 0.3) is 0 Å². The van der Waals surface area contributed by atoms with E-state index in [4.69, 9.17) is 5.11 Å². The second-order valence-corrected chi connectivity index (χ2v) is 3.19. The predicted octanol–water partition coefficient (Wildman–Crippen LogP) is 0.930. The fraction of sp³-hybridized carbons (Fsp3) is 0.100. The number of carbonyl (C=O) groups is 1. The van der Waals surface area contributed by atoms with E-state index in [2.05, 4.69) is 9.97 Å². The molecule has 0 aliphatic carbocycles. The van der Waals surface area contributed by atoms with Crippen LogP contribution in [0.1, 0.15) is 16.1 Å². The first-order chi connectivity index (χ1) is 7.09. The summed E-state index contributed by atoms with van der Waals surface area (Å²) in [5, 5.41) is 8.75. The standard InChI is InChI=1S/C10H8N2O3/c1-5-2-3-7-8(12-5)9(13)6(4-11-7)10(14)15/h2-4H,1H3,(H,11,13)(H,14,15). The van der Waals surface area contributed by atoms with E-state index in [-0.39, 0.29) is 11.1 Å². The van der Waals surface area contributed by atoms with Gasteiger partial charge in [-0.3, -0.25) is 4.79 Å². The minimum Gasteiger partial charge on any atom is -0.477 e. The molecule has 0 amide bonds. The predicted molar refractivity (Wildman–Crippen MR) is 54.1 cm³/mol. The number of nitrogens with one attached hydrogen (secondary N) is 1. The lowest BCUT2D eigenvalue weighted by molar-refractivity contribution is 0.0695. The number of hydrogen-bond donors (Lipinski definition) is 2. The first-order valence-corrected chi connectivity index (χ1v) is 4.32. The second-order valence-electron chi connectivity index (χ2n) is 3.19. The Balaban J connectivity index is 2.89. The lowest BCUT2D eigenvalue weighted by Gasteiger charge is -1.99. The molecule has 0 saturated carbocycles. The Bertz CT molecular complexity index is 601. The van der Waals surface area contributed by atoms with Gasteiger partial charge in [0.15, 0.2) is 0 Å². The number of aryl methyl sites for hydroxylation is 1. The summed E-state index contributed by atoms with van der Waals surface area (Å²) in [5.41, 5.74) is 0.529. The third-order valence-electron chi connectivity index (χ3n) is 2.10. The molecule has 2 N–H and O–H groups in total. The number of hydrogen-bond acceptors (Lipinski definition) is 3. The zero-order valence-corrected chi connectivity index (χ0v) is 7.94. The zero-order chi connectivity index (χ0) is 11.0. The maximum Gasteiger partial charge on any atom is 0.341 e. The minimum atomic E-state index is -1.25. The van der Waals surface area contributed by atoms with Gasteiger partial charge in [-0.05, 0) is 19.1 Å². The number of nitrogens with zero attached hydrogens (tertiary/aromatic N) is 1. The first-order valence-electron chi connectivity index (χ1n) is 4.32. The maximum atomic E-state index is 11.7. The number of aromatic carboxylic acids is 1. The molecular weight excluding hydrogens is 196 g/mol. The molecule has 2 rings (SSSR count). The Kier molecular flexibility index (Phi) is 2.00. The lowest BCUT2D eigenvalue weighted by Crippen LogP contribution is -2.16. The summed E-state index contributed by atoms with van der Waals surface area (Å²) in [6, 6.07) is 3.45. The van der Waals surface area contributed by atoms with Crippen LogP contribution in [0, 0.1) is 6.92 Å². The molecule has 0 bridgehead atoms. The van der Waals surface area contributed by atoms with E-state index in [1.807, 2.05) is 0 Å². The van der Waals surface area contributed by atoms with Gasteiger partial charge in [-0.1, -0.05) is 0 Å². The summed E-state index contributed by atoms with van der Waals surface area (Å²) < 4.78 is 0. The highest BCUT2D eigenvalue weighted by molar-refractivity contribution is 5.91. The molecule has 15 heavy (non-hydrogen) atoms. The van der Waals surface area contributed by atoms with Crippen molar-refractivity contribution < 1.29 is 9.90 Å². The molecule has 2 aromatic heterocycles. The Morgan fingerprint density at radius 3 is 2.87 bits per heavy atom. The Hall–Kier alpha value is -2.17. The molecule has 0 aromatic carbocycles. The van der Waals surface area contributed by atoms with Crippen LogP contribution in [0.25, 0.3) is 11.0 Å². The summed E-state index contributed by atoms with van der Waals surface area (Å²) in [6.07, 6.45) is 1.18.